The summed E-state index contributed by atoms with van der Waals surface area (Å²) in [5, 5.41) is 3.42. The molecule has 5 nitrogen and oxygen atoms in total. The predicted molar refractivity (Wildman–Crippen MR) is 50.6 cm³/mol. The third-order valence-electron chi connectivity index (χ3n) is 1.76. The molecule has 5 heteroatoms. The van der Waals surface area contributed by atoms with Crippen LogP contribution in [0, 0.1) is 0 Å². The summed E-state index contributed by atoms with van der Waals surface area (Å²) in [5.74, 6) is 6.23. The molecular formula is C8H14N4O. The quantitative estimate of drug-likeness (QED) is 0.305. The van der Waals surface area contributed by atoms with Crippen LogP contribution >= 0.6 is 0 Å². The van der Waals surface area contributed by atoms with Crippen LogP contribution in [0.2, 0.25) is 0 Å². The van der Waals surface area contributed by atoms with Gasteiger partial charge in [0.15, 0.2) is 0 Å². The normalized spacial score (nSPS) is 11.6. The number of furan rings is 1. The second-order valence-corrected chi connectivity index (χ2v) is 2.58. The van der Waals surface area contributed by atoms with Gasteiger partial charge in [0, 0.05) is 6.54 Å². The van der Waals surface area contributed by atoms with Gasteiger partial charge in [-0.2, -0.15) is 0 Å². The number of hydrazone groups is 1. The molecule has 13 heavy (non-hydrogen) atoms. The van der Waals surface area contributed by atoms with Crippen molar-refractivity contribution in [3.05, 3.63) is 24.2 Å². The molecule has 0 aliphatic heterocycles. The Kier molecular flexibility index (Phi) is 3.19. The van der Waals surface area contributed by atoms with E-state index in [1.165, 1.54) is 0 Å². The van der Waals surface area contributed by atoms with Gasteiger partial charge >= 0.3 is 0 Å². The molecule has 1 aromatic heterocycles. The molecular weight excluding hydrogens is 168 g/mol. The van der Waals surface area contributed by atoms with E-state index in [4.69, 9.17) is 16.0 Å². The molecule has 72 valence electrons. The molecule has 0 bridgehead atoms. The Morgan fingerprint density at radius 1 is 1.69 bits per heavy atom. The third-order valence-corrected chi connectivity index (χ3v) is 1.76. The highest BCUT2D eigenvalue weighted by Crippen LogP contribution is 2.04. The molecule has 0 fully saturated rings. The molecule has 0 amide bonds. The van der Waals surface area contributed by atoms with Crippen molar-refractivity contribution < 1.29 is 4.42 Å². The average molecular weight is 182 g/mol. The highest BCUT2D eigenvalue weighted by molar-refractivity contribution is 5.77. The fourth-order valence-corrected chi connectivity index (χ4v) is 1.03. The number of hydrogen-bond donors (Lipinski definition) is 2. The Bertz CT molecular complexity index is 268. The van der Waals surface area contributed by atoms with Gasteiger partial charge in [-0.3, -0.25) is 0 Å². The first-order chi connectivity index (χ1) is 6.27. The number of hydrogen-bond acceptors (Lipinski definition) is 3. The monoisotopic (exact) mass is 182 g/mol. The van der Waals surface area contributed by atoms with E-state index in [0.29, 0.717) is 12.5 Å². The summed E-state index contributed by atoms with van der Waals surface area (Å²) in [5.41, 5.74) is 5.55. The molecule has 0 aliphatic carbocycles. The van der Waals surface area contributed by atoms with Crippen LogP contribution in [0.3, 0.4) is 0 Å². The van der Waals surface area contributed by atoms with Gasteiger partial charge in [0.05, 0.1) is 12.8 Å². The zero-order valence-electron chi connectivity index (χ0n) is 7.60. The number of guanidine groups is 1. The number of rotatable bonds is 3. The first kappa shape index (κ1) is 9.44. The van der Waals surface area contributed by atoms with Crippen molar-refractivity contribution in [2.45, 2.75) is 13.5 Å². The van der Waals surface area contributed by atoms with Crippen molar-refractivity contribution in [2.24, 2.45) is 16.7 Å². The van der Waals surface area contributed by atoms with E-state index >= 15 is 0 Å². The van der Waals surface area contributed by atoms with Crippen LogP contribution in [0.25, 0.3) is 0 Å². The summed E-state index contributed by atoms with van der Waals surface area (Å²) < 4.78 is 5.17. The minimum atomic E-state index is 0.318. The lowest BCUT2D eigenvalue weighted by Crippen LogP contribution is -2.37. The SMILES string of the molecule is CCN(Cc1ccco1)/C(N)=N/N. The maximum atomic E-state index is 5.55. The highest BCUT2D eigenvalue weighted by Gasteiger charge is 2.07. The average Bonchev–Trinajstić information content (AvgIpc) is 2.65. The Labute approximate surface area is 77.0 Å². The minimum Gasteiger partial charge on any atom is -0.467 e. The Morgan fingerprint density at radius 2 is 2.46 bits per heavy atom. The first-order valence-corrected chi connectivity index (χ1v) is 4.08. The van der Waals surface area contributed by atoms with Crippen LogP contribution in [0.5, 0.6) is 0 Å². The third kappa shape index (κ3) is 2.40. The van der Waals surface area contributed by atoms with Crippen LogP contribution in [0.4, 0.5) is 0 Å². The van der Waals surface area contributed by atoms with E-state index in [1.807, 2.05) is 24.0 Å². The molecule has 0 atom stereocenters. The molecule has 0 radical (unpaired) electrons. The van der Waals surface area contributed by atoms with Gasteiger partial charge in [0.1, 0.15) is 5.76 Å². The van der Waals surface area contributed by atoms with Gasteiger partial charge in [-0.15, -0.1) is 5.10 Å². The molecule has 0 unspecified atom stereocenters. The van der Waals surface area contributed by atoms with Crippen LogP contribution < -0.4 is 11.6 Å². The topological polar surface area (TPSA) is 80.8 Å². The largest absolute Gasteiger partial charge is 0.467 e. The van der Waals surface area contributed by atoms with Crippen molar-refractivity contribution in [1.29, 1.82) is 0 Å². The Morgan fingerprint density at radius 3 is 2.92 bits per heavy atom. The highest BCUT2D eigenvalue weighted by atomic mass is 16.3. The maximum absolute atomic E-state index is 5.55. The Balaban J connectivity index is 2.60. The molecule has 0 aliphatic rings. The summed E-state index contributed by atoms with van der Waals surface area (Å²) in [6.07, 6.45) is 1.62. The standard InChI is InChI=1S/C8H14N4O/c1-2-12(8(9)11-10)6-7-4-3-5-13-7/h3-5H,2,6,10H2,1H3,(H2,9,11). The minimum absolute atomic E-state index is 0.318. The lowest BCUT2D eigenvalue weighted by molar-refractivity contribution is 0.371. The molecule has 1 aromatic rings. The molecule has 0 saturated carbocycles. The second-order valence-electron chi connectivity index (χ2n) is 2.58. The molecule has 1 rings (SSSR count). The first-order valence-electron chi connectivity index (χ1n) is 4.08. The van der Waals surface area contributed by atoms with E-state index in [1.54, 1.807) is 6.26 Å². The van der Waals surface area contributed by atoms with Crippen LogP contribution in [-0.2, 0) is 6.54 Å². The van der Waals surface area contributed by atoms with Crippen LogP contribution in [0.1, 0.15) is 12.7 Å². The van der Waals surface area contributed by atoms with Gasteiger partial charge in [0.25, 0.3) is 0 Å². The summed E-state index contributed by atoms with van der Waals surface area (Å²) in [7, 11) is 0. The molecule has 1 heterocycles. The van der Waals surface area contributed by atoms with Gasteiger partial charge in [0.2, 0.25) is 5.96 Å². The molecule has 0 aromatic carbocycles. The van der Waals surface area contributed by atoms with Crippen LogP contribution in [0.15, 0.2) is 27.9 Å². The van der Waals surface area contributed by atoms with E-state index in [9.17, 15) is 0 Å². The van der Waals surface area contributed by atoms with Crippen molar-refractivity contribution in [3.8, 4) is 0 Å². The lowest BCUT2D eigenvalue weighted by Gasteiger charge is -2.19. The summed E-state index contributed by atoms with van der Waals surface area (Å²) >= 11 is 0. The van der Waals surface area contributed by atoms with Crippen molar-refractivity contribution >= 4 is 5.96 Å². The van der Waals surface area contributed by atoms with Crippen molar-refractivity contribution in [1.82, 2.24) is 4.90 Å². The van der Waals surface area contributed by atoms with Gasteiger partial charge in [-0.05, 0) is 19.1 Å². The zero-order chi connectivity index (χ0) is 9.68. The van der Waals surface area contributed by atoms with E-state index in [0.717, 1.165) is 12.3 Å². The number of nitrogens with two attached hydrogens (primary N) is 2. The summed E-state index contributed by atoms with van der Waals surface area (Å²) in [6, 6.07) is 3.71. The van der Waals surface area contributed by atoms with Gasteiger partial charge in [-0.1, -0.05) is 0 Å². The van der Waals surface area contributed by atoms with Gasteiger partial charge < -0.3 is 20.9 Å². The smallest absolute Gasteiger partial charge is 0.213 e. The van der Waals surface area contributed by atoms with E-state index in [-0.39, 0.29) is 0 Å². The van der Waals surface area contributed by atoms with Crippen molar-refractivity contribution in [3.63, 3.8) is 0 Å². The second kappa shape index (κ2) is 4.39. The van der Waals surface area contributed by atoms with E-state index in [2.05, 4.69) is 5.10 Å². The summed E-state index contributed by atoms with van der Waals surface area (Å²) in [4.78, 5) is 1.82. The fourth-order valence-electron chi connectivity index (χ4n) is 1.03. The molecule has 4 N–H and O–H groups in total. The zero-order valence-corrected chi connectivity index (χ0v) is 7.60. The van der Waals surface area contributed by atoms with Crippen molar-refractivity contribution in [2.75, 3.05) is 6.54 Å². The predicted octanol–water partition coefficient (Wildman–Crippen LogP) is 0.290. The maximum Gasteiger partial charge on any atom is 0.213 e. The lowest BCUT2D eigenvalue weighted by atomic mass is 10.4. The fraction of sp³-hybridized carbons (Fsp3) is 0.375. The van der Waals surface area contributed by atoms with Gasteiger partial charge in [-0.25, -0.2) is 0 Å². The van der Waals surface area contributed by atoms with E-state index < -0.39 is 0 Å². The molecule has 0 saturated heterocycles. The summed E-state index contributed by atoms with van der Waals surface area (Å²) in [6.45, 7) is 3.31. The number of nitrogens with zero attached hydrogens (tertiary/aromatic N) is 2. The Hall–Kier alpha value is -1.65. The van der Waals surface area contributed by atoms with Crippen LogP contribution in [-0.4, -0.2) is 17.4 Å². The molecule has 0 spiro atoms.